The lowest BCUT2D eigenvalue weighted by Crippen LogP contribution is -1.93. The molecular formula is C13H13N5O2. The summed E-state index contributed by atoms with van der Waals surface area (Å²) in [6, 6.07) is 5.80. The van der Waals surface area contributed by atoms with E-state index in [1.807, 2.05) is 25.1 Å². The van der Waals surface area contributed by atoms with Gasteiger partial charge in [-0.05, 0) is 19.1 Å². The number of anilines is 1. The van der Waals surface area contributed by atoms with Crippen molar-refractivity contribution in [1.82, 2.24) is 20.6 Å². The molecule has 7 nitrogen and oxygen atoms in total. The van der Waals surface area contributed by atoms with Crippen LogP contribution in [0.1, 0.15) is 5.56 Å². The van der Waals surface area contributed by atoms with Crippen LogP contribution in [0, 0.1) is 6.92 Å². The first-order chi connectivity index (χ1) is 9.70. The minimum absolute atomic E-state index is 0.215. The van der Waals surface area contributed by atoms with Gasteiger partial charge in [-0.15, -0.1) is 0 Å². The SMILES string of the molecule is COc1ccc(C)cc1-c1c(-c2cn[nH]n2)noc1N. The molecule has 0 fully saturated rings. The molecule has 0 bridgehead atoms. The molecule has 0 spiro atoms. The molecule has 3 rings (SSSR count). The third-order valence-electron chi connectivity index (χ3n) is 3.00. The van der Waals surface area contributed by atoms with Crippen LogP contribution in [-0.2, 0) is 0 Å². The van der Waals surface area contributed by atoms with Crippen molar-refractivity contribution in [3.05, 3.63) is 30.0 Å². The monoisotopic (exact) mass is 271 g/mol. The summed E-state index contributed by atoms with van der Waals surface area (Å²) < 4.78 is 10.5. The molecule has 3 N–H and O–H groups in total. The maximum absolute atomic E-state index is 5.91. The largest absolute Gasteiger partial charge is 0.496 e. The lowest BCUT2D eigenvalue weighted by Gasteiger charge is -2.09. The molecule has 2 aromatic heterocycles. The zero-order chi connectivity index (χ0) is 14.1. The predicted molar refractivity (Wildman–Crippen MR) is 73.0 cm³/mol. The first-order valence-corrected chi connectivity index (χ1v) is 5.97. The first-order valence-electron chi connectivity index (χ1n) is 5.97. The Morgan fingerprint density at radius 1 is 1.35 bits per heavy atom. The number of H-pyrrole nitrogens is 1. The van der Waals surface area contributed by atoms with Crippen LogP contribution in [0.25, 0.3) is 22.5 Å². The normalized spacial score (nSPS) is 10.7. The average molecular weight is 271 g/mol. The van der Waals surface area contributed by atoms with Crippen LogP contribution < -0.4 is 10.5 Å². The average Bonchev–Trinajstić information content (AvgIpc) is 3.07. The fourth-order valence-electron chi connectivity index (χ4n) is 2.07. The molecule has 0 aliphatic rings. The van der Waals surface area contributed by atoms with Crippen molar-refractivity contribution in [2.75, 3.05) is 12.8 Å². The van der Waals surface area contributed by atoms with Crippen LogP contribution >= 0.6 is 0 Å². The molecule has 0 aliphatic heterocycles. The van der Waals surface area contributed by atoms with Crippen molar-refractivity contribution in [1.29, 1.82) is 0 Å². The van der Waals surface area contributed by atoms with Gasteiger partial charge in [0.1, 0.15) is 17.1 Å². The van der Waals surface area contributed by atoms with E-state index < -0.39 is 0 Å². The quantitative estimate of drug-likeness (QED) is 0.755. The van der Waals surface area contributed by atoms with Gasteiger partial charge in [0.2, 0.25) is 5.88 Å². The van der Waals surface area contributed by atoms with Gasteiger partial charge in [-0.3, -0.25) is 0 Å². The van der Waals surface area contributed by atoms with Crippen molar-refractivity contribution in [3.8, 4) is 28.3 Å². The summed E-state index contributed by atoms with van der Waals surface area (Å²) in [5, 5.41) is 14.3. The number of methoxy groups -OCH3 is 1. The lowest BCUT2D eigenvalue weighted by atomic mass is 10.0. The fourth-order valence-corrected chi connectivity index (χ4v) is 2.07. The van der Waals surface area contributed by atoms with Crippen LogP contribution in [0.4, 0.5) is 5.88 Å². The minimum Gasteiger partial charge on any atom is -0.496 e. The number of aryl methyl sites for hydroxylation is 1. The van der Waals surface area contributed by atoms with Gasteiger partial charge in [0.05, 0.1) is 18.9 Å². The second-order valence-corrected chi connectivity index (χ2v) is 4.33. The molecule has 0 saturated heterocycles. The number of nitrogen functional groups attached to an aromatic ring is 1. The van der Waals surface area contributed by atoms with Gasteiger partial charge in [-0.25, -0.2) is 0 Å². The summed E-state index contributed by atoms with van der Waals surface area (Å²) in [5.41, 5.74) is 9.54. The highest BCUT2D eigenvalue weighted by Crippen LogP contribution is 2.40. The second kappa shape index (κ2) is 4.69. The Labute approximate surface area is 114 Å². The molecular weight excluding hydrogens is 258 g/mol. The number of aromatic amines is 1. The molecule has 0 amide bonds. The van der Waals surface area contributed by atoms with Crippen LogP contribution in [-0.4, -0.2) is 27.7 Å². The third-order valence-corrected chi connectivity index (χ3v) is 3.00. The Morgan fingerprint density at radius 3 is 2.90 bits per heavy atom. The summed E-state index contributed by atoms with van der Waals surface area (Å²) in [5.74, 6) is 0.905. The van der Waals surface area contributed by atoms with Crippen molar-refractivity contribution in [3.63, 3.8) is 0 Å². The van der Waals surface area contributed by atoms with Gasteiger partial charge in [0.25, 0.3) is 0 Å². The zero-order valence-electron chi connectivity index (χ0n) is 11.0. The Morgan fingerprint density at radius 2 is 2.20 bits per heavy atom. The number of hydrogen-bond donors (Lipinski definition) is 2. The van der Waals surface area contributed by atoms with E-state index >= 15 is 0 Å². The van der Waals surface area contributed by atoms with Crippen molar-refractivity contribution >= 4 is 5.88 Å². The van der Waals surface area contributed by atoms with Crippen LogP contribution in [0.5, 0.6) is 5.75 Å². The molecule has 3 aromatic rings. The van der Waals surface area contributed by atoms with E-state index in [0.29, 0.717) is 22.7 Å². The molecule has 102 valence electrons. The van der Waals surface area contributed by atoms with E-state index in [1.165, 1.54) is 0 Å². The Hall–Kier alpha value is -2.83. The zero-order valence-corrected chi connectivity index (χ0v) is 11.0. The summed E-state index contributed by atoms with van der Waals surface area (Å²) in [4.78, 5) is 0. The van der Waals surface area contributed by atoms with E-state index in [0.717, 1.165) is 11.1 Å². The maximum Gasteiger partial charge on any atom is 0.230 e. The fraction of sp³-hybridized carbons (Fsp3) is 0.154. The Kier molecular flexibility index (Phi) is 2.86. The number of nitrogens with zero attached hydrogens (tertiary/aromatic N) is 3. The van der Waals surface area contributed by atoms with Crippen LogP contribution in [0.15, 0.2) is 28.9 Å². The molecule has 7 heteroatoms. The second-order valence-electron chi connectivity index (χ2n) is 4.33. The number of benzene rings is 1. The van der Waals surface area contributed by atoms with Gasteiger partial charge in [-0.1, -0.05) is 16.8 Å². The highest BCUT2D eigenvalue weighted by Gasteiger charge is 2.22. The van der Waals surface area contributed by atoms with E-state index in [2.05, 4.69) is 20.6 Å². The molecule has 0 atom stereocenters. The molecule has 1 aromatic carbocycles. The molecule has 0 aliphatic carbocycles. The molecule has 0 saturated carbocycles. The van der Waals surface area contributed by atoms with Crippen LogP contribution in [0.2, 0.25) is 0 Å². The van der Waals surface area contributed by atoms with Gasteiger partial charge in [0.15, 0.2) is 0 Å². The van der Waals surface area contributed by atoms with E-state index in [9.17, 15) is 0 Å². The molecule has 2 heterocycles. The van der Waals surface area contributed by atoms with Gasteiger partial charge >= 0.3 is 0 Å². The van der Waals surface area contributed by atoms with E-state index in [1.54, 1.807) is 13.3 Å². The number of aromatic nitrogens is 4. The van der Waals surface area contributed by atoms with E-state index in [4.69, 9.17) is 15.0 Å². The lowest BCUT2D eigenvalue weighted by molar-refractivity contribution is 0.416. The van der Waals surface area contributed by atoms with E-state index in [-0.39, 0.29) is 5.88 Å². The summed E-state index contributed by atoms with van der Waals surface area (Å²) in [6.07, 6.45) is 1.56. The highest BCUT2D eigenvalue weighted by atomic mass is 16.5. The molecule has 0 unspecified atom stereocenters. The minimum atomic E-state index is 0.215. The van der Waals surface area contributed by atoms with Crippen molar-refractivity contribution in [2.24, 2.45) is 0 Å². The number of nitrogens with two attached hydrogens (primary N) is 1. The first kappa shape index (κ1) is 12.2. The molecule has 0 radical (unpaired) electrons. The number of nitrogens with one attached hydrogen (secondary N) is 1. The third kappa shape index (κ3) is 1.89. The van der Waals surface area contributed by atoms with Crippen LogP contribution in [0.3, 0.4) is 0 Å². The van der Waals surface area contributed by atoms with Crippen molar-refractivity contribution in [2.45, 2.75) is 6.92 Å². The summed E-state index contributed by atoms with van der Waals surface area (Å²) in [7, 11) is 1.60. The molecule has 20 heavy (non-hydrogen) atoms. The maximum atomic E-state index is 5.91. The number of ether oxygens (including phenoxy) is 1. The van der Waals surface area contributed by atoms with Gasteiger partial charge < -0.3 is 15.0 Å². The van der Waals surface area contributed by atoms with Crippen molar-refractivity contribution < 1.29 is 9.26 Å². The summed E-state index contributed by atoms with van der Waals surface area (Å²) >= 11 is 0. The van der Waals surface area contributed by atoms with Gasteiger partial charge in [0, 0.05) is 5.56 Å². The smallest absolute Gasteiger partial charge is 0.230 e. The Bertz CT molecular complexity index is 733. The Balaban J connectivity index is 2.25. The standard InChI is InChI=1S/C13H13N5O2/c1-7-3-4-10(19-2)8(5-7)11-12(17-20-13(11)14)9-6-15-18-16-9/h3-6H,14H2,1-2H3,(H,15,16,18). The highest BCUT2D eigenvalue weighted by molar-refractivity contribution is 5.88. The topological polar surface area (TPSA) is 103 Å². The number of hydrogen-bond acceptors (Lipinski definition) is 6. The number of rotatable bonds is 3. The summed E-state index contributed by atoms with van der Waals surface area (Å²) in [6.45, 7) is 1.99. The predicted octanol–water partition coefficient (Wildman–Crippen LogP) is 2.03. The van der Waals surface area contributed by atoms with Gasteiger partial charge in [-0.2, -0.15) is 15.4 Å².